The molecule has 134 valence electrons. The number of hydrogen-bond acceptors (Lipinski definition) is 4. The van der Waals surface area contributed by atoms with Gasteiger partial charge in [0.05, 0.1) is 18.3 Å². The predicted octanol–water partition coefficient (Wildman–Crippen LogP) is 3.76. The summed E-state index contributed by atoms with van der Waals surface area (Å²) in [5.74, 6) is -0.0620. The van der Waals surface area contributed by atoms with Crippen LogP contribution in [-0.4, -0.2) is 20.7 Å². The summed E-state index contributed by atoms with van der Waals surface area (Å²) in [5.41, 5.74) is 2.96. The van der Waals surface area contributed by atoms with Gasteiger partial charge in [-0.25, -0.2) is 4.98 Å². The standard InChI is InChI=1S/C20H22N4OS/c1-14(20-23-17-8-2-3-9-18(17)26-20)22-19(25)16-7-4-6-15(12-16)13-24-11-5-10-21-24/h4-7,10-12,14H,2-3,8-9,13H2,1H3,(H,22,25)/t14-/m0/s1. The average Bonchev–Trinajstić information content (AvgIpc) is 3.31. The van der Waals surface area contributed by atoms with E-state index in [9.17, 15) is 4.79 Å². The van der Waals surface area contributed by atoms with Gasteiger partial charge in [-0.1, -0.05) is 12.1 Å². The van der Waals surface area contributed by atoms with Crippen molar-refractivity contribution in [3.8, 4) is 0 Å². The zero-order valence-electron chi connectivity index (χ0n) is 14.8. The van der Waals surface area contributed by atoms with Gasteiger partial charge in [0.15, 0.2) is 0 Å². The number of hydrogen-bond donors (Lipinski definition) is 1. The molecule has 0 saturated carbocycles. The molecule has 0 unspecified atom stereocenters. The Balaban J connectivity index is 1.45. The number of benzene rings is 1. The number of nitrogens with one attached hydrogen (secondary N) is 1. The smallest absolute Gasteiger partial charge is 0.251 e. The normalized spacial score (nSPS) is 14.7. The summed E-state index contributed by atoms with van der Waals surface area (Å²) in [4.78, 5) is 18.8. The van der Waals surface area contributed by atoms with Crippen LogP contribution in [-0.2, 0) is 19.4 Å². The van der Waals surface area contributed by atoms with Gasteiger partial charge in [-0.05, 0) is 56.4 Å². The van der Waals surface area contributed by atoms with Gasteiger partial charge in [0.1, 0.15) is 5.01 Å². The largest absolute Gasteiger partial charge is 0.343 e. The van der Waals surface area contributed by atoms with Gasteiger partial charge in [0, 0.05) is 22.8 Å². The van der Waals surface area contributed by atoms with Gasteiger partial charge in [0.2, 0.25) is 0 Å². The van der Waals surface area contributed by atoms with Crippen molar-refractivity contribution in [1.29, 1.82) is 0 Å². The van der Waals surface area contributed by atoms with E-state index in [1.54, 1.807) is 17.5 Å². The molecule has 26 heavy (non-hydrogen) atoms. The summed E-state index contributed by atoms with van der Waals surface area (Å²) >= 11 is 1.75. The molecule has 1 aliphatic rings. The van der Waals surface area contributed by atoms with Crippen LogP contribution < -0.4 is 5.32 Å². The molecule has 1 N–H and O–H groups in total. The lowest BCUT2D eigenvalue weighted by Crippen LogP contribution is -2.26. The van der Waals surface area contributed by atoms with E-state index in [2.05, 4.69) is 10.4 Å². The first kappa shape index (κ1) is 17.0. The van der Waals surface area contributed by atoms with Crippen LogP contribution in [0.5, 0.6) is 0 Å². The van der Waals surface area contributed by atoms with Crippen LogP contribution in [0, 0.1) is 0 Å². The summed E-state index contributed by atoms with van der Waals surface area (Å²) in [5, 5.41) is 8.32. The number of carbonyl (C=O) groups is 1. The molecule has 1 atom stereocenters. The van der Waals surface area contributed by atoms with Gasteiger partial charge in [-0.3, -0.25) is 9.48 Å². The molecule has 1 aliphatic carbocycles. The van der Waals surface area contributed by atoms with Crippen molar-refractivity contribution in [2.45, 2.75) is 45.2 Å². The molecule has 1 amide bonds. The van der Waals surface area contributed by atoms with Crippen LogP contribution in [0.25, 0.3) is 0 Å². The van der Waals surface area contributed by atoms with E-state index in [1.165, 1.54) is 23.4 Å². The van der Waals surface area contributed by atoms with E-state index in [0.29, 0.717) is 12.1 Å². The predicted molar refractivity (Wildman–Crippen MR) is 102 cm³/mol. The Morgan fingerprint density at radius 2 is 2.19 bits per heavy atom. The fourth-order valence-corrected chi connectivity index (χ4v) is 4.45. The van der Waals surface area contributed by atoms with E-state index in [-0.39, 0.29) is 11.9 Å². The first-order chi connectivity index (χ1) is 12.7. The molecule has 5 nitrogen and oxygen atoms in total. The van der Waals surface area contributed by atoms with Crippen LogP contribution in [0.4, 0.5) is 0 Å². The topological polar surface area (TPSA) is 59.8 Å². The minimum Gasteiger partial charge on any atom is -0.343 e. The van der Waals surface area contributed by atoms with Crippen LogP contribution in [0.15, 0.2) is 42.7 Å². The number of thiazole rings is 1. The second kappa shape index (κ2) is 7.41. The minimum atomic E-state index is -0.0760. The third-order valence-corrected chi connectivity index (χ3v) is 6.01. The van der Waals surface area contributed by atoms with Crippen molar-refractivity contribution >= 4 is 17.2 Å². The van der Waals surface area contributed by atoms with Crippen LogP contribution >= 0.6 is 11.3 Å². The van der Waals surface area contributed by atoms with Crippen LogP contribution in [0.3, 0.4) is 0 Å². The van der Waals surface area contributed by atoms with E-state index in [1.807, 2.05) is 48.1 Å². The Morgan fingerprint density at radius 1 is 1.31 bits per heavy atom. The van der Waals surface area contributed by atoms with Gasteiger partial charge in [-0.2, -0.15) is 5.10 Å². The van der Waals surface area contributed by atoms with Crippen LogP contribution in [0.1, 0.15) is 57.3 Å². The molecule has 0 radical (unpaired) electrons. The Morgan fingerprint density at radius 3 is 3.00 bits per heavy atom. The number of aromatic nitrogens is 3. The quantitative estimate of drug-likeness (QED) is 0.748. The minimum absolute atomic E-state index is 0.0620. The Labute approximate surface area is 157 Å². The molecular formula is C20H22N4OS. The highest BCUT2D eigenvalue weighted by molar-refractivity contribution is 7.11. The van der Waals surface area contributed by atoms with E-state index < -0.39 is 0 Å². The number of carbonyl (C=O) groups excluding carboxylic acids is 1. The maximum Gasteiger partial charge on any atom is 0.251 e. The van der Waals surface area contributed by atoms with Crippen molar-refractivity contribution < 1.29 is 4.79 Å². The highest BCUT2D eigenvalue weighted by atomic mass is 32.1. The number of nitrogens with zero attached hydrogens (tertiary/aromatic N) is 3. The van der Waals surface area contributed by atoms with Crippen molar-refractivity contribution in [2.75, 3.05) is 0 Å². The second-order valence-corrected chi connectivity index (χ2v) is 7.84. The zero-order valence-corrected chi connectivity index (χ0v) is 15.6. The van der Waals surface area contributed by atoms with Crippen molar-refractivity contribution in [1.82, 2.24) is 20.1 Å². The average molecular weight is 366 g/mol. The highest BCUT2D eigenvalue weighted by Crippen LogP contribution is 2.29. The number of rotatable bonds is 5. The molecular weight excluding hydrogens is 344 g/mol. The maximum atomic E-state index is 12.7. The van der Waals surface area contributed by atoms with Gasteiger partial charge >= 0.3 is 0 Å². The number of aryl methyl sites for hydroxylation is 2. The maximum absolute atomic E-state index is 12.7. The zero-order chi connectivity index (χ0) is 17.9. The van der Waals surface area contributed by atoms with Gasteiger partial charge < -0.3 is 5.32 Å². The Kier molecular flexibility index (Phi) is 4.84. The number of fused-ring (bicyclic) bond motifs is 1. The summed E-state index contributed by atoms with van der Waals surface area (Å²) in [7, 11) is 0. The van der Waals surface area contributed by atoms with E-state index >= 15 is 0 Å². The lowest BCUT2D eigenvalue weighted by Gasteiger charge is -2.12. The van der Waals surface area contributed by atoms with Crippen molar-refractivity contribution in [3.05, 3.63) is 69.4 Å². The van der Waals surface area contributed by atoms with Crippen molar-refractivity contribution in [3.63, 3.8) is 0 Å². The monoisotopic (exact) mass is 366 g/mol. The van der Waals surface area contributed by atoms with Gasteiger partial charge in [0.25, 0.3) is 5.91 Å². The fourth-order valence-electron chi connectivity index (χ4n) is 3.29. The first-order valence-corrected chi connectivity index (χ1v) is 9.86. The lowest BCUT2D eigenvalue weighted by atomic mass is 10.0. The van der Waals surface area contributed by atoms with E-state index in [0.717, 1.165) is 23.4 Å². The van der Waals surface area contributed by atoms with E-state index in [4.69, 9.17) is 4.98 Å². The third kappa shape index (κ3) is 3.70. The summed E-state index contributed by atoms with van der Waals surface area (Å²) in [6.07, 6.45) is 8.34. The lowest BCUT2D eigenvalue weighted by molar-refractivity contribution is 0.0939. The van der Waals surface area contributed by atoms with Crippen LogP contribution in [0.2, 0.25) is 0 Å². The molecule has 2 aromatic heterocycles. The molecule has 0 bridgehead atoms. The Hall–Kier alpha value is -2.47. The molecule has 3 aromatic rings. The molecule has 4 rings (SSSR count). The summed E-state index contributed by atoms with van der Waals surface area (Å²) in [6.45, 7) is 2.67. The van der Waals surface area contributed by atoms with Crippen molar-refractivity contribution in [2.24, 2.45) is 0 Å². The van der Waals surface area contributed by atoms with Gasteiger partial charge in [-0.15, -0.1) is 11.3 Å². The molecule has 1 aromatic carbocycles. The first-order valence-electron chi connectivity index (χ1n) is 9.05. The molecule has 0 saturated heterocycles. The third-order valence-electron chi connectivity index (χ3n) is 4.67. The Bertz CT molecular complexity index is 877. The SMILES string of the molecule is C[C@H](NC(=O)c1cccc(Cn2cccn2)c1)c1nc2c(s1)CCCC2. The molecule has 6 heteroatoms. The summed E-state index contributed by atoms with van der Waals surface area (Å²) < 4.78 is 1.85. The molecule has 2 heterocycles. The molecule has 0 spiro atoms. The summed E-state index contributed by atoms with van der Waals surface area (Å²) in [6, 6.07) is 9.52. The molecule has 0 aliphatic heterocycles. The second-order valence-electron chi connectivity index (χ2n) is 6.73. The number of amides is 1. The molecule has 0 fully saturated rings. The highest BCUT2D eigenvalue weighted by Gasteiger charge is 2.20. The fraction of sp³-hybridized carbons (Fsp3) is 0.350.